The topological polar surface area (TPSA) is 0 Å². The predicted molar refractivity (Wildman–Crippen MR) is 73.7 cm³/mol. The Hall–Kier alpha value is 0. The Morgan fingerprint density at radius 1 is 0.875 bits per heavy atom. The molecule has 0 N–H and O–H groups in total. The van der Waals surface area contributed by atoms with Gasteiger partial charge in [-0.3, -0.25) is 0 Å². The van der Waals surface area contributed by atoms with E-state index in [1.807, 2.05) is 0 Å². The van der Waals surface area contributed by atoms with Gasteiger partial charge in [-0.05, 0) is 24.2 Å². The van der Waals surface area contributed by atoms with Crippen LogP contribution in [0.25, 0.3) is 0 Å². The molecule has 0 nitrogen and oxygen atoms in total. The van der Waals surface area contributed by atoms with Crippen molar-refractivity contribution in [3.05, 3.63) is 0 Å². The molecule has 1 aliphatic rings. The Bertz CT molecular complexity index is 159. The summed E-state index contributed by atoms with van der Waals surface area (Å²) in [5.41, 5.74) is 0. The monoisotopic (exact) mass is 224 g/mol. The lowest BCUT2D eigenvalue weighted by molar-refractivity contribution is 0.501. The minimum atomic E-state index is 0.904. The molecule has 16 heavy (non-hydrogen) atoms. The second-order valence-corrected chi connectivity index (χ2v) is 6.26. The van der Waals surface area contributed by atoms with Crippen LogP contribution < -0.4 is 0 Å². The van der Waals surface area contributed by atoms with Crippen molar-refractivity contribution in [2.75, 3.05) is 0 Å². The van der Waals surface area contributed by atoms with Gasteiger partial charge in [0.15, 0.2) is 0 Å². The van der Waals surface area contributed by atoms with Crippen LogP contribution in [-0.4, -0.2) is 0 Å². The van der Waals surface area contributed by atoms with E-state index in [0.717, 1.165) is 17.8 Å². The van der Waals surface area contributed by atoms with Crippen LogP contribution >= 0.6 is 0 Å². The zero-order valence-corrected chi connectivity index (χ0v) is 11.8. The van der Waals surface area contributed by atoms with Crippen molar-refractivity contribution in [1.29, 1.82) is 0 Å². The largest absolute Gasteiger partial charge is 0.0651 e. The fourth-order valence-electron chi connectivity index (χ4n) is 2.83. The highest BCUT2D eigenvalue weighted by molar-refractivity contribution is 4.84. The normalized spacial score (nSPS) is 24.0. The lowest BCUT2D eigenvalue weighted by atomic mass is 10.0. The standard InChI is InChI=1S/C16H32/c1-4-15-13-16(15)12-10-8-6-5-7-9-11-14(2)3/h14-16H,4-13H2,1-3H3. The molecular formula is C16H32. The quantitative estimate of drug-likeness (QED) is 0.411. The first-order valence-corrected chi connectivity index (χ1v) is 7.74. The Labute approximate surface area is 103 Å². The molecule has 1 fully saturated rings. The summed E-state index contributed by atoms with van der Waals surface area (Å²) in [6.07, 6.45) is 14.8. The number of unbranched alkanes of at least 4 members (excludes halogenated alkanes) is 5. The number of hydrogen-bond donors (Lipinski definition) is 0. The summed E-state index contributed by atoms with van der Waals surface area (Å²) in [4.78, 5) is 0. The fourth-order valence-corrected chi connectivity index (χ4v) is 2.83. The molecule has 0 amide bonds. The fraction of sp³-hybridized carbons (Fsp3) is 1.00. The SMILES string of the molecule is CCC1CC1CCCCCCCCC(C)C. The average molecular weight is 224 g/mol. The lowest BCUT2D eigenvalue weighted by Gasteiger charge is -2.04. The minimum Gasteiger partial charge on any atom is -0.0651 e. The van der Waals surface area contributed by atoms with Crippen LogP contribution in [0.15, 0.2) is 0 Å². The number of rotatable bonds is 10. The van der Waals surface area contributed by atoms with Gasteiger partial charge in [-0.15, -0.1) is 0 Å². The Morgan fingerprint density at radius 3 is 2.06 bits per heavy atom. The summed E-state index contributed by atoms with van der Waals surface area (Å²) in [7, 11) is 0. The first-order valence-electron chi connectivity index (χ1n) is 7.74. The highest BCUT2D eigenvalue weighted by Gasteiger charge is 2.33. The summed E-state index contributed by atoms with van der Waals surface area (Å²) in [6.45, 7) is 7.01. The molecule has 0 radical (unpaired) electrons. The molecule has 2 unspecified atom stereocenters. The van der Waals surface area contributed by atoms with Gasteiger partial charge in [-0.25, -0.2) is 0 Å². The van der Waals surface area contributed by atoms with Crippen LogP contribution in [0.2, 0.25) is 0 Å². The molecule has 0 spiro atoms. The van der Waals surface area contributed by atoms with E-state index in [1.165, 1.54) is 57.8 Å². The number of hydrogen-bond acceptors (Lipinski definition) is 0. The van der Waals surface area contributed by atoms with Crippen LogP contribution in [0.1, 0.15) is 85.0 Å². The molecule has 1 rings (SSSR count). The van der Waals surface area contributed by atoms with Gasteiger partial charge in [0.05, 0.1) is 0 Å². The van der Waals surface area contributed by atoms with Crippen LogP contribution in [0.3, 0.4) is 0 Å². The Morgan fingerprint density at radius 2 is 1.50 bits per heavy atom. The second kappa shape index (κ2) is 8.14. The minimum absolute atomic E-state index is 0.904. The van der Waals surface area contributed by atoms with E-state index < -0.39 is 0 Å². The third-order valence-corrected chi connectivity index (χ3v) is 4.20. The molecule has 0 heterocycles. The van der Waals surface area contributed by atoms with Crippen LogP contribution in [-0.2, 0) is 0 Å². The van der Waals surface area contributed by atoms with Gasteiger partial charge in [0.1, 0.15) is 0 Å². The van der Waals surface area contributed by atoms with Crippen molar-refractivity contribution in [3.8, 4) is 0 Å². The maximum atomic E-state index is 2.35. The van der Waals surface area contributed by atoms with Gasteiger partial charge in [0.2, 0.25) is 0 Å². The molecule has 1 saturated carbocycles. The summed E-state index contributed by atoms with van der Waals surface area (Å²) < 4.78 is 0. The van der Waals surface area contributed by atoms with Crippen LogP contribution in [0, 0.1) is 17.8 Å². The molecule has 0 aliphatic heterocycles. The molecule has 1 aliphatic carbocycles. The first kappa shape index (κ1) is 14.1. The molecule has 0 aromatic heterocycles. The van der Waals surface area contributed by atoms with Crippen molar-refractivity contribution in [2.24, 2.45) is 17.8 Å². The molecular weight excluding hydrogens is 192 g/mol. The van der Waals surface area contributed by atoms with Crippen LogP contribution in [0.5, 0.6) is 0 Å². The van der Waals surface area contributed by atoms with Gasteiger partial charge in [-0.2, -0.15) is 0 Å². The molecule has 0 bridgehead atoms. The van der Waals surface area contributed by atoms with Crippen molar-refractivity contribution in [3.63, 3.8) is 0 Å². The van der Waals surface area contributed by atoms with E-state index in [0.29, 0.717) is 0 Å². The van der Waals surface area contributed by atoms with Crippen molar-refractivity contribution >= 4 is 0 Å². The van der Waals surface area contributed by atoms with Gasteiger partial charge in [0, 0.05) is 0 Å². The van der Waals surface area contributed by atoms with E-state index in [2.05, 4.69) is 20.8 Å². The zero-order valence-electron chi connectivity index (χ0n) is 11.8. The van der Waals surface area contributed by atoms with E-state index in [1.54, 1.807) is 6.42 Å². The molecule has 0 aromatic rings. The average Bonchev–Trinajstić information content (AvgIpc) is 3.00. The summed E-state index contributed by atoms with van der Waals surface area (Å²) in [6, 6.07) is 0. The van der Waals surface area contributed by atoms with E-state index in [4.69, 9.17) is 0 Å². The highest BCUT2D eigenvalue weighted by Crippen LogP contribution is 2.44. The smallest absolute Gasteiger partial charge is 0.0383 e. The van der Waals surface area contributed by atoms with Gasteiger partial charge in [-0.1, -0.05) is 78.6 Å². The Balaban J connectivity index is 1.72. The lowest BCUT2D eigenvalue weighted by Crippen LogP contribution is -1.87. The van der Waals surface area contributed by atoms with Gasteiger partial charge < -0.3 is 0 Å². The predicted octanol–water partition coefficient (Wildman–Crippen LogP) is 5.81. The van der Waals surface area contributed by atoms with Crippen molar-refractivity contribution in [2.45, 2.75) is 85.0 Å². The third-order valence-electron chi connectivity index (χ3n) is 4.20. The Kier molecular flexibility index (Phi) is 7.16. The second-order valence-electron chi connectivity index (χ2n) is 6.26. The van der Waals surface area contributed by atoms with E-state index >= 15 is 0 Å². The van der Waals surface area contributed by atoms with Crippen molar-refractivity contribution in [1.82, 2.24) is 0 Å². The summed E-state index contributed by atoms with van der Waals surface area (Å²) in [5.74, 6) is 3.15. The summed E-state index contributed by atoms with van der Waals surface area (Å²) in [5, 5.41) is 0. The molecule has 0 saturated heterocycles. The van der Waals surface area contributed by atoms with E-state index in [-0.39, 0.29) is 0 Å². The van der Waals surface area contributed by atoms with Crippen LogP contribution in [0.4, 0.5) is 0 Å². The molecule has 0 aromatic carbocycles. The third kappa shape index (κ3) is 6.55. The summed E-state index contributed by atoms with van der Waals surface area (Å²) >= 11 is 0. The zero-order chi connectivity index (χ0) is 11.8. The molecule has 2 atom stereocenters. The highest BCUT2D eigenvalue weighted by atomic mass is 14.4. The maximum Gasteiger partial charge on any atom is -0.0383 e. The molecule has 0 heteroatoms. The maximum absolute atomic E-state index is 2.35. The van der Waals surface area contributed by atoms with Crippen molar-refractivity contribution < 1.29 is 0 Å². The van der Waals surface area contributed by atoms with Gasteiger partial charge >= 0.3 is 0 Å². The van der Waals surface area contributed by atoms with Gasteiger partial charge in [0.25, 0.3) is 0 Å². The molecule has 96 valence electrons. The van der Waals surface area contributed by atoms with E-state index in [9.17, 15) is 0 Å². The first-order chi connectivity index (χ1) is 7.74.